The van der Waals surface area contributed by atoms with Gasteiger partial charge in [-0.15, -0.1) is 30.1 Å². The summed E-state index contributed by atoms with van der Waals surface area (Å²) in [6.45, 7) is 3.33. The van der Waals surface area contributed by atoms with E-state index in [1.165, 1.54) is 11.8 Å². The van der Waals surface area contributed by atoms with Crippen LogP contribution in [0.25, 0.3) is 0 Å². The van der Waals surface area contributed by atoms with Gasteiger partial charge in [0.15, 0.2) is 6.61 Å². The lowest BCUT2D eigenvalue weighted by atomic mass is 10.3. The predicted molar refractivity (Wildman–Crippen MR) is 102 cm³/mol. The zero-order valence-corrected chi connectivity index (χ0v) is 15.4. The highest BCUT2D eigenvalue weighted by molar-refractivity contribution is 7.99. The number of benzene rings is 1. The average Bonchev–Trinajstić information content (AvgIpc) is 2.65. The van der Waals surface area contributed by atoms with Crippen molar-refractivity contribution in [3.63, 3.8) is 0 Å². The molecule has 1 heterocycles. The summed E-state index contributed by atoms with van der Waals surface area (Å²) in [5, 5.41) is 3.33. The van der Waals surface area contributed by atoms with Crippen molar-refractivity contribution >= 4 is 41.1 Å². The lowest BCUT2D eigenvalue weighted by molar-refractivity contribution is -0.119. The van der Waals surface area contributed by atoms with Gasteiger partial charge in [-0.05, 0) is 30.5 Å². The molecule has 0 saturated carbocycles. The van der Waals surface area contributed by atoms with Gasteiger partial charge >= 0.3 is 5.97 Å². The molecule has 0 fully saturated rings. The third kappa shape index (κ3) is 5.65. The summed E-state index contributed by atoms with van der Waals surface area (Å²) >= 11 is 2.91. The predicted octanol–water partition coefficient (Wildman–Crippen LogP) is 3.88. The Bertz CT molecular complexity index is 765. The van der Waals surface area contributed by atoms with E-state index in [-0.39, 0.29) is 6.61 Å². The fourth-order valence-corrected chi connectivity index (χ4v) is 3.23. The first-order valence-corrected chi connectivity index (χ1v) is 9.65. The van der Waals surface area contributed by atoms with Crippen molar-refractivity contribution in [1.82, 2.24) is 4.98 Å². The quantitative estimate of drug-likeness (QED) is 0.430. The zero-order chi connectivity index (χ0) is 18.1. The van der Waals surface area contributed by atoms with Crippen LogP contribution in [-0.4, -0.2) is 35.5 Å². The Morgan fingerprint density at radius 1 is 1.28 bits per heavy atom. The molecule has 0 radical (unpaired) electrons. The summed E-state index contributed by atoms with van der Waals surface area (Å²) < 4.78 is 5.10. The van der Waals surface area contributed by atoms with Gasteiger partial charge in [-0.1, -0.05) is 18.2 Å². The van der Waals surface area contributed by atoms with E-state index in [2.05, 4.69) is 16.9 Å². The maximum absolute atomic E-state index is 12.1. The molecule has 1 N–H and O–H groups in total. The van der Waals surface area contributed by atoms with E-state index in [9.17, 15) is 9.59 Å². The molecule has 1 aromatic carbocycles. The topological polar surface area (TPSA) is 68.3 Å². The SMILES string of the molecule is C=CCSc1ccccc1NC(=O)COC(=O)c1cccnc1SC. The smallest absolute Gasteiger partial charge is 0.341 e. The van der Waals surface area contributed by atoms with Gasteiger partial charge in [-0.2, -0.15) is 0 Å². The molecular weight excluding hydrogens is 356 g/mol. The van der Waals surface area contributed by atoms with Gasteiger partial charge in [-0.25, -0.2) is 9.78 Å². The number of amides is 1. The first kappa shape index (κ1) is 19.1. The number of ether oxygens (including phenoxy) is 1. The summed E-state index contributed by atoms with van der Waals surface area (Å²) in [6, 6.07) is 10.7. The fourth-order valence-electron chi connectivity index (χ4n) is 1.95. The van der Waals surface area contributed by atoms with E-state index < -0.39 is 11.9 Å². The van der Waals surface area contributed by atoms with E-state index in [0.29, 0.717) is 16.3 Å². The Kier molecular flexibility index (Phi) is 7.56. The van der Waals surface area contributed by atoms with Crippen molar-refractivity contribution in [2.75, 3.05) is 23.9 Å². The Labute approximate surface area is 155 Å². The van der Waals surface area contributed by atoms with Crippen LogP contribution in [0.1, 0.15) is 10.4 Å². The lowest BCUT2D eigenvalue weighted by Crippen LogP contribution is -2.21. The van der Waals surface area contributed by atoms with Crippen LogP contribution >= 0.6 is 23.5 Å². The molecule has 1 aromatic heterocycles. The highest BCUT2D eigenvalue weighted by Gasteiger charge is 2.15. The van der Waals surface area contributed by atoms with Crippen LogP contribution in [0.4, 0.5) is 5.69 Å². The van der Waals surface area contributed by atoms with Gasteiger partial charge in [0.05, 0.1) is 11.3 Å². The molecule has 0 aliphatic heterocycles. The normalized spacial score (nSPS) is 10.1. The minimum Gasteiger partial charge on any atom is -0.452 e. The summed E-state index contributed by atoms with van der Waals surface area (Å²) in [5.74, 6) is -0.225. The standard InChI is InChI=1S/C18H18N2O3S2/c1-3-11-25-15-9-5-4-8-14(15)20-16(21)12-23-18(22)13-7-6-10-19-17(13)24-2/h3-10H,1,11-12H2,2H3,(H,20,21). The molecule has 0 unspecified atom stereocenters. The van der Waals surface area contributed by atoms with Gasteiger partial charge in [-0.3, -0.25) is 4.79 Å². The minimum atomic E-state index is -0.568. The number of thioether (sulfide) groups is 2. The Morgan fingerprint density at radius 2 is 2.08 bits per heavy atom. The number of anilines is 1. The van der Waals surface area contributed by atoms with Crippen LogP contribution in [0.5, 0.6) is 0 Å². The van der Waals surface area contributed by atoms with Crippen molar-refractivity contribution in [2.45, 2.75) is 9.92 Å². The average molecular weight is 374 g/mol. The number of carbonyl (C=O) groups is 2. The highest BCUT2D eigenvalue weighted by atomic mass is 32.2. The lowest BCUT2D eigenvalue weighted by Gasteiger charge is -2.11. The largest absolute Gasteiger partial charge is 0.452 e. The van der Waals surface area contributed by atoms with Gasteiger partial charge in [0.2, 0.25) is 0 Å². The van der Waals surface area contributed by atoms with Crippen LogP contribution < -0.4 is 5.32 Å². The van der Waals surface area contributed by atoms with E-state index in [1.54, 1.807) is 42.2 Å². The summed E-state index contributed by atoms with van der Waals surface area (Å²) in [6.07, 6.45) is 5.22. The number of pyridine rings is 1. The first-order chi connectivity index (χ1) is 12.2. The first-order valence-electron chi connectivity index (χ1n) is 7.44. The van der Waals surface area contributed by atoms with Crippen molar-refractivity contribution < 1.29 is 14.3 Å². The van der Waals surface area contributed by atoms with E-state index in [4.69, 9.17) is 4.74 Å². The summed E-state index contributed by atoms with van der Waals surface area (Å²) in [5.41, 5.74) is 1.03. The maximum Gasteiger partial charge on any atom is 0.341 e. The minimum absolute atomic E-state index is 0.352. The Morgan fingerprint density at radius 3 is 2.84 bits per heavy atom. The second-order valence-electron chi connectivity index (χ2n) is 4.78. The van der Waals surface area contributed by atoms with Crippen molar-refractivity contribution in [2.24, 2.45) is 0 Å². The second-order valence-corrected chi connectivity index (χ2v) is 6.64. The van der Waals surface area contributed by atoms with E-state index in [0.717, 1.165) is 10.6 Å². The zero-order valence-electron chi connectivity index (χ0n) is 13.7. The molecule has 0 aliphatic rings. The molecule has 0 atom stereocenters. The molecule has 2 aromatic rings. The van der Waals surface area contributed by atoms with Crippen LogP contribution in [0.15, 0.2) is 65.2 Å². The molecule has 0 bridgehead atoms. The molecule has 5 nitrogen and oxygen atoms in total. The number of carbonyl (C=O) groups excluding carboxylic acids is 2. The van der Waals surface area contributed by atoms with Crippen molar-refractivity contribution in [3.8, 4) is 0 Å². The Balaban J connectivity index is 1.95. The fraction of sp³-hybridized carbons (Fsp3) is 0.167. The van der Waals surface area contributed by atoms with Crippen molar-refractivity contribution in [1.29, 1.82) is 0 Å². The number of hydrogen-bond donors (Lipinski definition) is 1. The van der Waals surface area contributed by atoms with Crippen LogP contribution in [-0.2, 0) is 9.53 Å². The van der Waals surface area contributed by atoms with Gasteiger partial charge in [0, 0.05) is 16.8 Å². The van der Waals surface area contributed by atoms with E-state index in [1.807, 2.05) is 24.5 Å². The van der Waals surface area contributed by atoms with E-state index >= 15 is 0 Å². The van der Waals surface area contributed by atoms with Crippen LogP contribution in [0.3, 0.4) is 0 Å². The molecule has 25 heavy (non-hydrogen) atoms. The maximum atomic E-state index is 12.1. The van der Waals surface area contributed by atoms with Crippen molar-refractivity contribution in [3.05, 3.63) is 60.8 Å². The number of hydrogen-bond acceptors (Lipinski definition) is 6. The van der Waals surface area contributed by atoms with Gasteiger partial charge < -0.3 is 10.1 Å². The number of nitrogens with one attached hydrogen (secondary N) is 1. The number of esters is 1. The molecular formula is C18H18N2O3S2. The number of rotatable bonds is 8. The third-order valence-corrected chi connectivity index (χ3v) is 4.82. The summed E-state index contributed by atoms with van der Waals surface area (Å²) in [7, 11) is 0. The number of aromatic nitrogens is 1. The second kappa shape index (κ2) is 9.90. The molecule has 2 rings (SSSR count). The molecule has 0 aliphatic carbocycles. The molecule has 0 spiro atoms. The molecule has 130 valence electrons. The Hall–Kier alpha value is -2.25. The molecule has 1 amide bonds. The molecule has 7 heteroatoms. The van der Waals surface area contributed by atoms with Crippen LogP contribution in [0, 0.1) is 0 Å². The van der Waals surface area contributed by atoms with Crippen LogP contribution in [0.2, 0.25) is 0 Å². The van der Waals surface area contributed by atoms with Gasteiger partial charge in [0.1, 0.15) is 5.03 Å². The third-order valence-electron chi connectivity index (χ3n) is 3.04. The van der Waals surface area contributed by atoms with Gasteiger partial charge in [0.25, 0.3) is 5.91 Å². The molecule has 0 saturated heterocycles. The highest BCUT2D eigenvalue weighted by Crippen LogP contribution is 2.26. The number of para-hydroxylation sites is 1. The monoisotopic (exact) mass is 374 g/mol. The number of nitrogens with zero attached hydrogens (tertiary/aromatic N) is 1. The summed E-state index contributed by atoms with van der Waals surface area (Å²) in [4.78, 5) is 29.2.